The molecule has 0 N–H and O–H groups in total. The lowest BCUT2D eigenvalue weighted by atomic mass is 10.00. The summed E-state index contributed by atoms with van der Waals surface area (Å²) in [6.45, 7) is 0. The van der Waals surface area contributed by atoms with Gasteiger partial charge in [-0.1, -0.05) is 84.4 Å². The van der Waals surface area contributed by atoms with Gasteiger partial charge >= 0.3 is 5.56 Å². The highest BCUT2D eigenvalue weighted by atomic mass is 35.5. The van der Waals surface area contributed by atoms with Gasteiger partial charge in [0.25, 0.3) is 0 Å². The Morgan fingerprint density at radius 1 is 0.886 bits per heavy atom. The number of nitrogens with zero attached hydrogens (tertiary/aromatic N) is 4. The smallest absolute Gasteiger partial charge is 0.317 e. The molecule has 0 aliphatic heterocycles. The Morgan fingerprint density at radius 3 is 2.29 bits per heavy atom. The number of halogens is 1. The van der Waals surface area contributed by atoms with Crippen LogP contribution >= 0.6 is 11.6 Å². The van der Waals surface area contributed by atoms with Crippen LogP contribution in [-0.2, 0) is 0 Å². The third kappa shape index (κ3) is 3.90. The fraction of sp³-hybridized carbons (Fsp3) is 0. The molecule has 6 nitrogen and oxygen atoms in total. The maximum atomic E-state index is 13.2. The molecule has 6 aromatic rings. The van der Waals surface area contributed by atoms with Crippen LogP contribution in [0.3, 0.4) is 0 Å². The Labute approximate surface area is 204 Å². The van der Waals surface area contributed by atoms with Gasteiger partial charge in [0.2, 0.25) is 11.3 Å². The molecule has 0 atom stereocenters. The molecular weight excluding hydrogens is 460 g/mol. The first-order valence-corrected chi connectivity index (χ1v) is 11.3. The van der Waals surface area contributed by atoms with E-state index in [1.807, 2.05) is 78.9 Å². The quantitative estimate of drug-likeness (QED) is 0.276. The van der Waals surface area contributed by atoms with Crippen molar-refractivity contribution in [3.63, 3.8) is 0 Å². The van der Waals surface area contributed by atoms with Gasteiger partial charge < -0.3 is 4.42 Å². The number of benzene rings is 3. The van der Waals surface area contributed by atoms with E-state index < -0.39 is 5.56 Å². The van der Waals surface area contributed by atoms with Gasteiger partial charge in [-0.2, -0.15) is 9.78 Å². The van der Waals surface area contributed by atoms with Crippen LogP contribution in [0.2, 0.25) is 5.02 Å². The first-order valence-electron chi connectivity index (χ1n) is 10.9. The van der Waals surface area contributed by atoms with E-state index >= 15 is 0 Å². The maximum Gasteiger partial charge on any atom is 0.317 e. The minimum atomic E-state index is -0.418. The Morgan fingerprint density at radius 2 is 1.57 bits per heavy atom. The monoisotopic (exact) mass is 476 g/mol. The average Bonchev–Trinajstić information content (AvgIpc) is 3.29. The molecule has 3 aromatic heterocycles. The van der Waals surface area contributed by atoms with Crippen LogP contribution < -0.4 is 5.56 Å². The summed E-state index contributed by atoms with van der Waals surface area (Å²) in [5.74, 6) is 0. The van der Waals surface area contributed by atoms with E-state index in [2.05, 4.69) is 10.1 Å². The van der Waals surface area contributed by atoms with E-state index in [0.29, 0.717) is 21.6 Å². The van der Waals surface area contributed by atoms with Crippen molar-refractivity contribution in [2.75, 3.05) is 0 Å². The van der Waals surface area contributed by atoms with Gasteiger partial charge in [-0.25, -0.2) is 9.97 Å². The number of aromatic nitrogens is 3. The molecule has 3 aromatic carbocycles. The molecule has 6 rings (SSSR count). The third-order valence-corrected chi connectivity index (χ3v) is 5.94. The van der Waals surface area contributed by atoms with Crippen LogP contribution in [0, 0.1) is 0 Å². The summed E-state index contributed by atoms with van der Waals surface area (Å²) in [6.07, 6.45) is 2.96. The second-order valence-corrected chi connectivity index (χ2v) is 8.37. The zero-order chi connectivity index (χ0) is 23.8. The standard InChI is InChI=1S/C28H17ClN4O2/c29-21-13-11-18(12-14-21)16-31-33-17-30-25-24-22(19-7-3-1-4-8-19)15-23(20-9-5-2-6-10-20)32-27(24)35-26(25)28(33)34/h1-17H/b31-16+. The van der Waals surface area contributed by atoms with Gasteiger partial charge in [0.05, 0.1) is 17.3 Å². The number of pyridine rings is 1. The van der Waals surface area contributed by atoms with Gasteiger partial charge in [0.15, 0.2) is 0 Å². The molecule has 0 bridgehead atoms. The summed E-state index contributed by atoms with van der Waals surface area (Å²) >= 11 is 5.94. The SMILES string of the molecule is O=c1c2oc3nc(-c4ccccc4)cc(-c4ccccc4)c3c2ncn1/N=C/c1ccc(Cl)cc1. The number of hydrogen-bond donors (Lipinski definition) is 0. The predicted molar refractivity (Wildman–Crippen MR) is 139 cm³/mol. The zero-order valence-electron chi connectivity index (χ0n) is 18.3. The third-order valence-electron chi connectivity index (χ3n) is 5.69. The van der Waals surface area contributed by atoms with E-state index in [1.165, 1.54) is 6.33 Å². The normalized spacial score (nSPS) is 11.6. The lowest BCUT2D eigenvalue weighted by Gasteiger charge is -2.07. The van der Waals surface area contributed by atoms with Crippen molar-refractivity contribution in [1.82, 2.24) is 14.6 Å². The molecule has 0 radical (unpaired) electrons. The van der Waals surface area contributed by atoms with E-state index in [4.69, 9.17) is 21.0 Å². The van der Waals surface area contributed by atoms with Crippen molar-refractivity contribution in [3.05, 3.63) is 118 Å². The van der Waals surface area contributed by atoms with Gasteiger partial charge in [-0.3, -0.25) is 4.79 Å². The average molecular weight is 477 g/mol. The highest BCUT2D eigenvalue weighted by molar-refractivity contribution is 6.30. The maximum absolute atomic E-state index is 13.2. The van der Waals surface area contributed by atoms with E-state index in [1.54, 1.807) is 18.3 Å². The van der Waals surface area contributed by atoms with Gasteiger partial charge in [-0.05, 0) is 34.9 Å². The fourth-order valence-corrected chi connectivity index (χ4v) is 4.11. The van der Waals surface area contributed by atoms with Crippen LogP contribution in [0.1, 0.15) is 5.56 Å². The van der Waals surface area contributed by atoms with Gasteiger partial charge in [-0.15, -0.1) is 0 Å². The van der Waals surface area contributed by atoms with Gasteiger partial charge in [0, 0.05) is 10.6 Å². The van der Waals surface area contributed by atoms with E-state index in [9.17, 15) is 4.79 Å². The summed E-state index contributed by atoms with van der Waals surface area (Å²) in [4.78, 5) is 22.5. The van der Waals surface area contributed by atoms with Crippen LogP contribution in [0.15, 0.2) is 112 Å². The molecule has 7 heteroatoms. The Kier molecular flexibility index (Phi) is 5.20. The summed E-state index contributed by atoms with van der Waals surface area (Å²) in [6, 6.07) is 28.9. The molecule has 168 valence electrons. The summed E-state index contributed by atoms with van der Waals surface area (Å²) in [5, 5.41) is 5.58. The molecule has 35 heavy (non-hydrogen) atoms. The number of hydrogen-bond acceptors (Lipinski definition) is 5. The second kappa shape index (κ2) is 8.66. The predicted octanol–water partition coefficient (Wildman–Crippen LogP) is 6.41. The number of rotatable bonds is 4. The van der Waals surface area contributed by atoms with Crippen molar-refractivity contribution >= 4 is 40.0 Å². The van der Waals surface area contributed by atoms with Crippen molar-refractivity contribution in [2.45, 2.75) is 0 Å². The first kappa shape index (κ1) is 21.0. The van der Waals surface area contributed by atoms with E-state index in [-0.39, 0.29) is 5.58 Å². The molecular formula is C28H17ClN4O2. The van der Waals surface area contributed by atoms with E-state index in [0.717, 1.165) is 32.6 Å². The molecule has 3 heterocycles. The number of fused-ring (bicyclic) bond motifs is 3. The topological polar surface area (TPSA) is 73.3 Å². The Bertz CT molecular complexity index is 1760. The molecule has 0 saturated heterocycles. The lowest BCUT2D eigenvalue weighted by molar-refractivity contribution is 0.637. The van der Waals surface area contributed by atoms with Crippen molar-refractivity contribution in [2.24, 2.45) is 5.10 Å². The van der Waals surface area contributed by atoms with Crippen molar-refractivity contribution in [1.29, 1.82) is 0 Å². The van der Waals surface area contributed by atoms with Crippen LogP contribution in [0.4, 0.5) is 0 Å². The highest BCUT2D eigenvalue weighted by Gasteiger charge is 2.20. The Hall–Kier alpha value is -4.55. The summed E-state index contributed by atoms with van der Waals surface area (Å²) in [5.41, 5.74) is 4.85. The van der Waals surface area contributed by atoms with Crippen LogP contribution in [0.25, 0.3) is 44.6 Å². The van der Waals surface area contributed by atoms with Crippen LogP contribution in [0.5, 0.6) is 0 Å². The lowest BCUT2D eigenvalue weighted by Crippen LogP contribution is -2.16. The molecule has 0 spiro atoms. The zero-order valence-corrected chi connectivity index (χ0v) is 19.1. The summed E-state index contributed by atoms with van der Waals surface area (Å²) < 4.78 is 7.17. The van der Waals surface area contributed by atoms with Crippen molar-refractivity contribution < 1.29 is 4.42 Å². The minimum Gasteiger partial charge on any atom is -0.430 e. The molecule has 0 unspecified atom stereocenters. The Balaban J connectivity index is 1.56. The molecule has 0 saturated carbocycles. The molecule has 0 aliphatic rings. The fourth-order valence-electron chi connectivity index (χ4n) is 3.98. The van der Waals surface area contributed by atoms with Crippen molar-refractivity contribution in [3.8, 4) is 22.4 Å². The molecule has 0 aliphatic carbocycles. The molecule has 0 fully saturated rings. The second-order valence-electron chi connectivity index (χ2n) is 7.94. The molecule has 0 amide bonds. The summed E-state index contributed by atoms with van der Waals surface area (Å²) in [7, 11) is 0. The van der Waals surface area contributed by atoms with Crippen LogP contribution in [-0.4, -0.2) is 20.9 Å². The first-order chi connectivity index (χ1) is 17.2. The highest BCUT2D eigenvalue weighted by Crippen LogP contribution is 2.36. The minimum absolute atomic E-state index is 0.102. The number of furan rings is 1. The largest absolute Gasteiger partial charge is 0.430 e. The van der Waals surface area contributed by atoms with Gasteiger partial charge in [0.1, 0.15) is 11.8 Å².